The molecule has 0 aliphatic carbocycles. The van der Waals surface area contributed by atoms with E-state index in [2.05, 4.69) is 0 Å². The van der Waals surface area contributed by atoms with E-state index in [0.29, 0.717) is 0 Å². The van der Waals surface area contributed by atoms with Gasteiger partial charge in [0.25, 0.3) is 0 Å². The zero-order valence-electron chi connectivity index (χ0n) is 4.51. The summed E-state index contributed by atoms with van der Waals surface area (Å²) < 4.78 is 24.8. The van der Waals surface area contributed by atoms with Gasteiger partial charge in [-0.15, -0.1) is 0 Å². The van der Waals surface area contributed by atoms with Gasteiger partial charge in [0.05, 0.1) is 0 Å². The van der Waals surface area contributed by atoms with Gasteiger partial charge in [0.15, 0.2) is 0 Å². The molecule has 0 aromatic rings. The Kier molecular flexibility index (Phi) is 163. The fourth-order valence-electron chi connectivity index (χ4n) is 0. The van der Waals surface area contributed by atoms with Crippen LogP contribution in [0.5, 0.6) is 0 Å². The molecule has 0 heterocycles. The average molecular weight is 321 g/mol. The van der Waals surface area contributed by atoms with Crippen LogP contribution in [0.15, 0.2) is 0 Å². The van der Waals surface area contributed by atoms with E-state index in [1.807, 2.05) is 0 Å². The van der Waals surface area contributed by atoms with E-state index in [0.717, 1.165) is 0 Å². The van der Waals surface area contributed by atoms with E-state index < -0.39 is 22.1 Å². The van der Waals surface area contributed by atoms with Crippen LogP contribution in [0.1, 0.15) is 0 Å². The summed E-state index contributed by atoms with van der Waals surface area (Å²) in [5.41, 5.74) is 0. The first-order valence-electron chi connectivity index (χ1n) is 1.41. The molecule has 0 aliphatic rings. The summed E-state index contributed by atoms with van der Waals surface area (Å²) in [7, 11) is -1.50. The summed E-state index contributed by atoms with van der Waals surface area (Å²) in [5, 5.41) is 24.8. The Morgan fingerprint density at radius 3 is 0.700 bits per heavy atom. The minimum atomic E-state index is -0.500. The van der Waals surface area contributed by atoms with Gasteiger partial charge in [-0.1, -0.05) is 0 Å². The molecule has 0 bridgehead atoms. The second-order valence-electron chi connectivity index (χ2n) is 0.289. The molecular weight excluding hydrogens is 321 g/mol. The van der Waals surface area contributed by atoms with Crippen LogP contribution in [0, 0.1) is 0 Å². The van der Waals surface area contributed by atoms with Crippen molar-refractivity contribution < 1.29 is 49.3 Å². The van der Waals surface area contributed by atoms with E-state index in [9.17, 15) is 0 Å². The maximum Gasteiger partial charge on any atom is 3.00 e. The molecule has 0 amide bonds. The third-order valence-electron chi connectivity index (χ3n) is 0. The smallest absolute Gasteiger partial charge is 3.00 e. The monoisotopic (exact) mass is 322 g/mol. The standard InChI is InChI=1S/3BO2.Ir/c3*2-1-3;/q3*-1;+3. The van der Waals surface area contributed by atoms with Crippen LogP contribution in [0.2, 0.25) is 0 Å². The SMILES string of the molecule is O=B[O-].O=B[O-].O=B[O-].[Ir+3]. The third-order valence-corrected chi connectivity index (χ3v) is 0. The van der Waals surface area contributed by atoms with Crippen LogP contribution in [-0.2, 0) is 34.2 Å². The average Bonchev–Trinajstić information content (AvgIpc) is 1.70. The molecule has 10 heavy (non-hydrogen) atoms. The van der Waals surface area contributed by atoms with Gasteiger partial charge in [0, 0.05) is 0 Å². The maximum absolute atomic E-state index is 8.25. The largest absolute Gasteiger partial charge is 3.00 e. The van der Waals surface area contributed by atoms with E-state index in [1.165, 1.54) is 0 Å². The van der Waals surface area contributed by atoms with Gasteiger partial charge in [-0.25, -0.2) is 0 Å². The van der Waals surface area contributed by atoms with E-state index in [1.54, 1.807) is 0 Å². The fraction of sp³-hybridized carbons (Fsp3) is 0. The van der Waals surface area contributed by atoms with Crippen LogP contribution >= 0.6 is 0 Å². The molecule has 0 rings (SSSR count). The van der Waals surface area contributed by atoms with Crippen molar-refractivity contribution in [1.29, 1.82) is 0 Å². The minimum absolute atomic E-state index is 0. The summed E-state index contributed by atoms with van der Waals surface area (Å²) in [4.78, 5) is 0. The molecule has 0 spiro atoms. The van der Waals surface area contributed by atoms with Crippen molar-refractivity contribution in [1.82, 2.24) is 0 Å². The molecule has 0 unspecified atom stereocenters. The van der Waals surface area contributed by atoms with Gasteiger partial charge in [-0.05, 0) is 0 Å². The quantitative estimate of drug-likeness (QED) is 0.412. The fourth-order valence-corrected chi connectivity index (χ4v) is 0. The Hall–Kier alpha value is -0.356. The first-order chi connectivity index (χ1) is 4.24. The molecule has 10 heteroatoms. The topological polar surface area (TPSA) is 120 Å². The number of hydrogen-bond donors (Lipinski definition) is 0. The van der Waals surface area contributed by atoms with Crippen molar-refractivity contribution in [3.63, 3.8) is 0 Å². The molecule has 0 radical (unpaired) electrons. The molecular formula is B3IrO6. The Bertz CT molecular complexity index is 49.7. The molecule has 0 aliphatic heterocycles. The Morgan fingerprint density at radius 2 is 0.700 bits per heavy atom. The van der Waals surface area contributed by atoms with Crippen molar-refractivity contribution in [2.75, 3.05) is 0 Å². The van der Waals surface area contributed by atoms with E-state index in [4.69, 9.17) is 29.2 Å². The minimum Gasteiger partial charge on any atom is 3.00 e. The van der Waals surface area contributed by atoms with Gasteiger partial charge in [-0.2, -0.15) is 0 Å². The maximum atomic E-state index is 8.25. The summed E-state index contributed by atoms with van der Waals surface area (Å²) in [6.07, 6.45) is 0. The molecule has 0 N–H and O–H groups in total. The molecule has 54 valence electrons. The Labute approximate surface area is 71.8 Å². The zero-order chi connectivity index (χ0) is 8.12. The predicted octanol–water partition coefficient (Wildman–Crippen LogP) is -5.07. The van der Waals surface area contributed by atoms with Gasteiger partial charge in [0.2, 0.25) is 0 Å². The molecule has 6 nitrogen and oxygen atoms in total. The van der Waals surface area contributed by atoms with Crippen LogP contribution in [-0.4, -0.2) is 22.1 Å². The second-order valence-corrected chi connectivity index (χ2v) is 0.289. The summed E-state index contributed by atoms with van der Waals surface area (Å²) in [6.45, 7) is 0. The normalized spacial score (nSPS) is 2.40. The van der Waals surface area contributed by atoms with Crippen LogP contribution in [0.3, 0.4) is 0 Å². The van der Waals surface area contributed by atoms with Crippen LogP contribution in [0.25, 0.3) is 0 Å². The van der Waals surface area contributed by atoms with Gasteiger partial charge < -0.3 is 0 Å². The predicted molar refractivity (Wildman–Crippen MR) is 19.3 cm³/mol. The molecule has 0 saturated heterocycles. The molecule has 0 fully saturated rings. The summed E-state index contributed by atoms with van der Waals surface area (Å²) in [6, 6.07) is 0. The third kappa shape index (κ3) is 2660. The zero-order valence-corrected chi connectivity index (χ0v) is 6.91. The first kappa shape index (κ1) is 22.6. The van der Waals surface area contributed by atoms with Crippen LogP contribution in [0.4, 0.5) is 0 Å². The Balaban J connectivity index is -0.0000000257. The molecule has 0 atom stereocenters. The second kappa shape index (κ2) is 72.2. The van der Waals surface area contributed by atoms with Crippen molar-refractivity contribution in [2.45, 2.75) is 0 Å². The molecule has 0 aromatic carbocycles. The number of rotatable bonds is 0. The van der Waals surface area contributed by atoms with Gasteiger partial charge in [-0.3, -0.25) is 0 Å². The van der Waals surface area contributed by atoms with E-state index >= 15 is 0 Å². The molecule has 0 aromatic heterocycles. The summed E-state index contributed by atoms with van der Waals surface area (Å²) in [5.74, 6) is 0. The summed E-state index contributed by atoms with van der Waals surface area (Å²) >= 11 is 0. The van der Waals surface area contributed by atoms with Gasteiger partial charge in [0.1, 0.15) is 0 Å². The first-order valence-corrected chi connectivity index (χ1v) is 1.41. The van der Waals surface area contributed by atoms with Crippen molar-refractivity contribution in [3.8, 4) is 0 Å². The van der Waals surface area contributed by atoms with Crippen molar-refractivity contribution >= 4 is 22.1 Å². The Morgan fingerprint density at radius 1 is 0.700 bits per heavy atom. The van der Waals surface area contributed by atoms with Gasteiger partial charge >= 0.3 is 71.3 Å². The molecule has 0 saturated carbocycles. The van der Waals surface area contributed by atoms with E-state index in [-0.39, 0.29) is 20.1 Å². The van der Waals surface area contributed by atoms with Crippen molar-refractivity contribution in [3.05, 3.63) is 0 Å². The van der Waals surface area contributed by atoms with Crippen molar-refractivity contribution in [2.24, 2.45) is 0 Å². The number of hydrogen-bond acceptors (Lipinski definition) is 6. The van der Waals surface area contributed by atoms with Crippen LogP contribution < -0.4 is 15.1 Å².